The minimum Gasteiger partial charge on any atom is -0.304 e. The van der Waals surface area contributed by atoms with Gasteiger partial charge in [0.2, 0.25) is 0 Å². The van der Waals surface area contributed by atoms with E-state index in [-0.39, 0.29) is 0 Å². The highest BCUT2D eigenvalue weighted by molar-refractivity contribution is 7.98. The SMILES string of the molecule is CCCCn1nnnc1CSc1nnc(-c2cc3c(s2)CC[C@@H](CC)C3)n1C. The largest absolute Gasteiger partial charge is 0.304 e. The smallest absolute Gasteiger partial charge is 0.191 e. The van der Waals surface area contributed by atoms with E-state index in [0.29, 0.717) is 5.75 Å². The van der Waals surface area contributed by atoms with E-state index in [9.17, 15) is 0 Å². The van der Waals surface area contributed by atoms with Gasteiger partial charge in [-0.2, -0.15) is 0 Å². The molecule has 7 nitrogen and oxygen atoms in total. The number of aryl methyl sites for hydroxylation is 2. The quantitative estimate of drug-likeness (QED) is 0.513. The van der Waals surface area contributed by atoms with Gasteiger partial charge in [-0.1, -0.05) is 38.5 Å². The van der Waals surface area contributed by atoms with Gasteiger partial charge in [-0.25, -0.2) is 4.68 Å². The van der Waals surface area contributed by atoms with E-state index in [1.807, 2.05) is 23.1 Å². The lowest BCUT2D eigenvalue weighted by molar-refractivity contribution is 0.449. The summed E-state index contributed by atoms with van der Waals surface area (Å²) in [5.74, 6) is 3.38. The van der Waals surface area contributed by atoms with E-state index in [1.165, 1.54) is 41.0 Å². The Labute approximate surface area is 173 Å². The maximum absolute atomic E-state index is 4.48. The molecule has 0 amide bonds. The summed E-state index contributed by atoms with van der Waals surface area (Å²) in [6.45, 7) is 5.33. The van der Waals surface area contributed by atoms with Crippen molar-refractivity contribution >= 4 is 23.1 Å². The van der Waals surface area contributed by atoms with Crippen LogP contribution in [-0.4, -0.2) is 35.0 Å². The minimum absolute atomic E-state index is 0.696. The van der Waals surface area contributed by atoms with E-state index in [4.69, 9.17) is 0 Å². The number of fused-ring (bicyclic) bond motifs is 1. The second kappa shape index (κ2) is 8.73. The third-order valence-electron chi connectivity index (χ3n) is 5.48. The van der Waals surface area contributed by atoms with Crippen molar-refractivity contribution in [2.75, 3.05) is 0 Å². The fourth-order valence-electron chi connectivity index (χ4n) is 3.65. The molecule has 3 heterocycles. The van der Waals surface area contributed by atoms with Crippen LogP contribution in [0.5, 0.6) is 0 Å². The highest BCUT2D eigenvalue weighted by atomic mass is 32.2. The van der Waals surface area contributed by atoms with Gasteiger partial charge in [0.25, 0.3) is 0 Å². The third kappa shape index (κ3) is 4.00. The van der Waals surface area contributed by atoms with Gasteiger partial charge in [0.05, 0.1) is 10.6 Å². The van der Waals surface area contributed by atoms with Gasteiger partial charge >= 0.3 is 0 Å². The summed E-state index contributed by atoms with van der Waals surface area (Å²) < 4.78 is 3.99. The lowest BCUT2D eigenvalue weighted by atomic mass is 9.87. The van der Waals surface area contributed by atoms with Crippen molar-refractivity contribution < 1.29 is 0 Å². The van der Waals surface area contributed by atoms with Crippen molar-refractivity contribution in [1.29, 1.82) is 0 Å². The molecule has 0 aliphatic heterocycles. The lowest BCUT2D eigenvalue weighted by Crippen LogP contribution is -2.10. The Hall–Kier alpha value is -1.74. The Kier molecular flexibility index (Phi) is 6.10. The highest BCUT2D eigenvalue weighted by Crippen LogP contribution is 2.38. The molecule has 4 rings (SSSR count). The number of unbranched alkanes of at least 4 members (excludes halogenated alkanes) is 1. The number of thioether (sulfide) groups is 1. The van der Waals surface area contributed by atoms with Crippen LogP contribution in [0.4, 0.5) is 0 Å². The fraction of sp³-hybridized carbons (Fsp3) is 0.632. The van der Waals surface area contributed by atoms with Gasteiger partial charge in [0.15, 0.2) is 16.8 Å². The van der Waals surface area contributed by atoms with Gasteiger partial charge in [-0.15, -0.1) is 26.6 Å². The van der Waals surface area contributed by atoms with Gasteiger partial charge in [0, 0.05) is 18.5 Å². The number of hydrogen-bond acceptors (Lipinski definition) is 7. The maximum Gasteiger partial charge on any atom is 0.191 e. The molecule has 28 heavy (non-hydrogen) atoms. The van der Waals surface area contributed by atoms with Crippen LogP contribution in [0.15, 0.2) is 11.2 Å². The Morgan fingerprint density at radius 2 is 2.14 bits per heavy atom. The molecule has 1 atom stereocenters. The summed E-state index contributed by atoms with van der Waals surface area (Å²) in [4.78, 5) is 2.77. The first kappa shape index (κ1) is 19.6. The molecule has 0 saturated heterocycles. The molecular formula is C19H27N7S2. The average Bonchev–Trinajstić information content (AvgIpc) is 3.42. The van der Waals surface area contributed by atoms with E-state index in [0.717, 1.165) is 42.1 Å². The zero-order valence-corrected chi connectivity index (χ0v) is 18.4. The summed E-state index contributed by atoms with van der Waals surface area (Å²) in [6, 6.07) is 2.34. The van der Waals surface area contributed by atoms with E-state index >= 15 is 0 Å². The second-order valence-corrected chi connectivity index (χ2v) is 9.48. The summed E-state index contributed by atoms with van der Waals surface area (Å²) in [5.41, 5.74) is 1.52. The van der Waals surface area contributed by atoms with Crippen LogP contribution < -0.4 is 0 Å². The lowest BCUT2D eigenvalue weighted by Gasteiger charge is -2.19. The van der Waals surface area contributed by atoms with E-state index in [1.54, 1.807) is 11.8 Å². The van der Waals surface area contributed by atoms with Crippen molar-refractivity contribution in [1.82, 2.24) is 35.0 Å². The number of rotatable bonds is 8. The molecule has 0 spiro atoms. The molecule has 3 aromatic rings. The van der Waals surface area contributed by atoms with Gasteiger partial charge in [0.1, 0.15) is 0 Å². The Morgan fingerprint density at radius 1 is 1.25 bits per heavy atom. The Bertz CT molecular complexity index is 927. The number of thiophene rings is 1. The van der Waals surface area contributed by atoms with Crippen molar-refractivity contribution in [3.05, 3.63) is 22.3 Å². The number of tetrazole rings is 1. The van der Waals surface area contributed by atoms with Crippen LogP contribution in [0.1, 0.15) is 55.8 Å². The zero-order valence-electron chi connectivity index (χ0n) is 16.8. The number of aromatic nitrogens is 7. The molecule has 0 N–H and O–H groups in total. The second-order valence-electron chi connectivity index (χ2n) is 7.40. The molecule has 0 saturated carbocycles. The Balaban J connectivity index is 1.47. The monoisotopic (exact) mass is 417 g/mol. The third-order valence-corrected chi connectivity index (χ3v) is 7.73. The van der Waals surface area contributed by atoms with Crippen LogP contribution in [0, 0.1) is 5.92 Å². The molecule has 0 unspecified atom stereocenters. The zero-order chi connectivity index (χ0) is 19.5. The highest BCUT2D eigenvalue weighted by Gasteiger charge is 2.22. The van der Waals surface area contributed by atoms with Crippen LogP contribution >= 0.6 is 23.1 Å². The van der Waals surface area contributed by atoms with Crippen molar-refractivity contribution in [3.8, 4) is 10.7 Å². The molecule has 0 radical (unpaired) electrons. The molecule has 3 aromatic heterocycles. The molecule has 0 aromatic carbocycles. The van der Waals surface area contributed by atoms with Crippen molar-refractivity contribution in [2.45, 2.75) is 69.8 Å². The first-order chi connectivity index (χ1) is 13.7. The van der Waals surface area contributed by atoms with Crippen molar-refractivity contribution in [2.24, 2.45) is 13.0 Å². The first-order valence-corrected chi connectivity index (χ1v) is 11.9. The predicted octanol–water partition coefficient (Wildman–Crippen LogP) is 4.14. The summed E-state index contributed by atoms with van der Waals surface area (Å²) >= 11 is 3.52. The van der Waals surface area contributed by atoms with Crippen molar-refractivity contribution in [3.63, 3.8) is 0 Å². The normalized spacial score (nSPS) is 16.5. The van der Waals surface area contributed by atoms with Gasteiger partial charge in [-0.05, 0) is 53.7 Å². The van der Waals surface area contributed by atoms with E-state index < -0.39 is 0 Å². The first-order valence-electron chi connectivity index (χ1n) is 10.1. The van der Waals surface area contributed by atoms with E-state index in [2.05, 4.69) is 50.2 Å². The van der Waals surface area contributed by atoms with Gasteiger partial charge < -0.3 is 4.57 Å². The van der Waals surface area contributed by atoms with Crippen LogP contribution in [-0.2, 0) is 32.2 Å². The molecule has 1 aliphatic carbocycles. The number of nitrogens with zero attached hydrogens (tertiary/aromatic N) is 7. The standard InChI is InChI=1S/C19H27N7S2/c1-4-6-9-26-17(20-23-24-26)12-27-19-22-21-18(25(19)3)16-11-14-10-13(5-2)7-8-15(14)28-16/h11,13H,4-10,12H2,1-3H3/t13-/m1/s1. The van der Waals surface area contributed by atoms with Crippen LogP contribution in [0.25, 0.3) is 10.7 Å². The molecular weight excluding hydrogens is 390 g/mol. The van der Waals surface area contributed by atoms with Crippen LogP contribution in [0.3, 0.4) is 0 Å². The van der Waals surface area contributed by atoms with Crippen LogP contribution in [0.2, 0.25) is 0 Å². The molecule has 150 valence electrons. The summed E-state index contributed by atoms with van der Waals surface area (Å²) in [7, 11) is 2.05. The Morgan fingerprint density at radius 3 is 2.96 bits per heavy atom. The van der Waals surface area contributed by atoms with Gasteiger partial charge in [-0.3, -0.25) is 0 Å². The average molecular weight is 418 g/mol. The number of hydrogen-bond donors (Lipinski definition) is 0. The molecule has 9 heteroatoms. The maximum atomic E-state index is 4.48. The molecule has 0 fully saturated rings. The fourth-order valence-corrected chi connectivity index (χ4v) is 5.72. The summed E-state index contributed by atoms with van der Waals surface area (Å²) in [5, 5.41) is 21.9. The molecule has 0 bridgehead atoms. The predicted molar refractivity (Wildman–Crippen MR) is 112 cm³/mol. The summed E-state index contributed by atoms with van der Waals surface area (Å²) in [6.07, 6.45) is 7.21. The minimum atomic E-state index is 0.696. The topological polar surface area (TPSA) is 74.3 Å². The molecule has 1 aliphatic rings.